The zero-order valence-electron chi connectivity index (χ0n) is 10.7. The normalized spacial score (nSPS) is 16.5. The van der Waals surface area contributed by atoms with Crippen LogP contribution in [0.25, 0.3) is 0 Å². The summed E-state index contributed by atoms with van der Waals surface area (Å²) in [6, 6.07) is 0.388. The molecule has 0 bridgehead atoms. The highest BCUT2D eigenvalue weighted by atomic mass is 32.1. The molecular weight excluding hydrogens is 232 g/mol. The molecule has 17 heavy (non-hydrogen) atoms. The number of aliphatic hydroxyl groups is 1. The van der Waals surface area contributed by atoms with E-state index in [1.807, 2.05) is 11.3 Å². The number of fused-ring (bicyclic) bond motifs is 1. The van der Waals surface area contributed by atoms with Gasteiger partial charge in [-0.25, -0.2) is 4.98 Å². The van der Waals surface area contributed by atoms with Gasteiger partial charge in [0, 0.05) is 24.1 Å². The zero-order valence-corrected chi connectivity index (χ0v) is 11.5. The average Bonchev–Trinajstić information content (AvgIpc) is 2.83. The maximum atomic E-state index is 9.03. The van der Waals surface area contributed by atoms with E-state index >= 15 is 0 Å². The molecule has 96 valence electrons. The first-order chi connectivity index (χ1) is 8.20. The predicted molar refractivity (Wildman–Crippen MR) is 71.3 cm³/mol. The Bertz CT molecular complexity index is 341. The fourth-order valence-electron chi connectivity index (χ4n) is 2.35. The monoisotopic (exact) mass is 254 g/mol. The van der Waals surface area contributed by atoms with Crippen molar-refractivity contribution in [2.75, 3.05) is 6.61 Å². The Morgan fingerprint density at radius 1 is 1.41 bits per heavy atom. The van der Waals surface area contributed by atoms with Crippen molar-refractivity contribution in [1.82, 2.24) is 10.3 Å². The van der Waals surface area contributed by atoms with Crippen molar-refractivity contribution in [1.29, 1.82) is 0 Å². The first-order valence-corrected chi connectivity index (χ1v) is 7.34. The molecule has 3 nitrogen and oxygen atoms in total. The topological polar surface area (TPSA) is 45.1 Å². The Labute approximate surface area is 107 Å². The van der Waals surface area contributed by atoms with Crippen LogP contribution in [0.3, 0.4) is 0 Å². The summed E-state index contributed by atoms with van der Waals surface area (Å²) in [5.74, 6) is 0.550. The molecule has 0 saturated carbocycles. The quantitative estimate of drug-likeness (QED) is 0.817. The second-order valence-corrected chi connectivity index (χ2v) is 6.24. The summed E-state index contributed by atoms with van der Waals surface area (Å²) in [5, 5.41) is 13.7. The van der Waals surface area contributed by atoms with Crippen LogP contribution < -0.4 is 5.32 Å². The Morgan fingerprint density at radius 2 is 2.24 bits per heavy atom. The van der Waals surface area contributed by atoms with Crippen molar-refractivity contribution >= 4 is 11.3 Å². The summed E-state index contributed by atoms with van der Waals surface area (Å²) in [4.78, 5) is 6.17. The number of thiazole rings is 1. The molecule has 1 aromatic heterocycles. The number of hydrogen-bond donors (Lipinski definition) is 2. The lowest BCUT2D eigenvalue weighted by atomic mass is 10.0. The molecule has 1 aliphatic carbocycles. The van der Waals surface area contributed by atoms with Crippen LogP contribution in [0.4, 0.5) is 0 Å². The number of aromatic nitrogens is 1. The van der Waals surface area contributed by atoms with Gasteiger partial charge in [0.25, 0.3) is 0 Å². The van der Waals surface area contributed by atoms with E-state index in [4.69, 9.17) is 5.11 Å². The van der Waals surface area contributed by atoms with Gasteiger partial charge in [-0.05, 0) is 31.6 Å². The van der Waals surface area contributed by atoms with Crippen LogP contribution in [-0.4, -0.2) is 22.7 Å². The standard InChI is InChI=1S/C13H22N2OS/c1-9(2)10(6-7-16)14-8-13-15-11-4-3-5-12(11)17-13/h9-10,14,16H,3-8H2,1-2H3. The minimum atomic E-state index is 0.254. The number of nitrogens with zero attached hydrogens (tertiary/aromatic N) is 1. The summed E-state index contributed by atoms with van der Waals surface area (Å²) in [5.41, 5.74) is 1.33. The molecule has 0 saturated heterocycles. The van der Waals surface area contributed by atoms with Gasteiger partial charge in [0.1, 0.15) is 5.01 Å². The van der Waals surface area contributed by atoms with Crippen LogP contribution in [0.5, 0.6) is 0 Å². The Kier molecular flexibility index (Phi) is 4.54. The molecule has 1 atom stereocenters. The van der Waals surface area contributed by atoms with Crippen LogP contribution in [0.15, 0.2) is 0 Å². The molecule has 2 rings (SSSR count). The molecule has 1 unspecified atom stereocenters. The lowest BCUT2D eigenvalue weighted by molar-refractivity contribution is 0.244. The fraction of sp³-hybridized carbons (Fsp3) is 0.769. The number of aryl methyl sites for hydroxylation is 2. The van der Waals surface area contributed by atoms with Crippen molar-refractivity contribution in [3.63, 3.8) is 0 Å². The van der Waals surface area contributed by atoms with E-state index in [9.17, 15) is 0 Å². The second-order valence-electron chi connectivity index (χ2n) is 5.07. The van der Waals surface area contributed by atoms with Gasteiger partial charge in [-0.3, -0.25) is 0 Å². The van der Waals surface area contributed by atoms with E-state index in [2.05, 4.69) is 24.1 Å². The molecule has 0 radical (unpaired) electrons. The van der Waals surface area contributed by atoms with Crippen molar-refractivity contribution < 1.29 is 5.11 Å². The highest BCUT2D eigenvalue weighted by Gasteiger charge is 2.18. The maximum absolute atomic E-state index is 9.03. The zero-order chi connectivity index (χ0) is 12.3. The largest absolute Gasteiger partial charge is 0.396 e. The smallest absolute Gasteiger partial charge is 0.107 e. The molecule has 1 aromatic rings. The Morgan fingerprint density at radius 3 is 2.88 bits per heavy atom. The van der Waals surface area contributed by atoms with Gasteiger partial charge in [-0.15, -0.1) is 11.3 Å². The highest BCUT2D eigenvalue weighted by Crippen LogP contribution is 2.27. The predicted octanol–water partition coefficient (Wildman–Crippen LogP) is 2.13. The van der Waals surface area contributed by atoms with Crippen molar-refractivity contribution in [2.45, 2.75) is 52.1 Å². The van der Waals surface area contributed by atoms with Crippen molar-refractivity contribution in [3.05, 3.63) is 15.6 Å². The molecular formula is C13H22N2OS. The van der Waals surface area contributed by atoms with Crippen LogP contribution in [0.1, 0.15) is 42.3 Å². The minimum absolute atomic E-state index is 0.254. The van der Waals surface area contributed by atoms with Gasteiger partial charge < -0.3 is 10.4 Å². The fourth-order valence-corrected chi connectivity index (χ4v) is 3.46. The molecule has 0 aromatic carbocycles. The number of nitrogens with one attached hydrogen (secondary N) is 1. The first kappa shape index (κ1) is 13.0. The maximum Gasteiger partial charge on any atom is 0.107 e. The van der Waals surface area contributed by atoms with Crippen LogP contribution in [0, 0.1) is 5.92 Å². The molecule has 0 fully saturated rings. The molecule has 0 aliphatic heterocycles. The molecule has 1 heterocycles. The van der Waals surface area contributed by atoms with Gasteiger partial charge in [-0.2, -0.15) is 0 Å². The Hall–Kier alpha value is -0.450. The Balaban J connectivity index is 1.87. The van der Waals surface area contributed by atoms with Crippen molar-refractivity contribution in [3.8, 4) is 0 Å². The summed E-state index contributed by atoms with van der Waals surface area (Å²) in [7, 11) is 0. The lowest BCUT2D eigenvalue weighted by Crippen LogP contribution is -2.34. The minimum Gasteiger partial charge on any atom is -0.396 e. The second kappa shape index (κ2) is 5.94. The van der Waals surface area contributed by atoms with Crippen LogP contribution in [-0.2, 0) is 19.4 Å². The van der Waals surface area contributed by atoms with E-state index in [1.54, 1.807) is 0 Å². The van der Waals surface area contributed by atoms with Gasteiger partial charge >= 0.3 is 0 Å². The third-order valence-corrected chi connectivity index (χ3v) is 4.56. The van der Waals surface area contributed by atoms with Gasteiger partial charge in [0.15, 0.2) is 0 Å². The highest BCUT2D eigenvalue weighted by molar-refractivity contribution is 7.11. The SMILES string of the molecule is CC(C)C(CCO)NCc1nc2c(s1)CCC2. The van der Waals surface area contributed by atoms with Gasteiger partial charge in [-0.1, -0.05) is 13.8 Å². The summed E-state index contributed by atoms with van der Waals surface area (Å²) in [6.45, 7) is 5.48. The third-order valence-electron chi connectivity index (χ3n) is 3.40. The van der Waals surface area contributed by atoms with Crippen LogP contribution >= 0.6 is 11.3 Å². The number of aliphatic hydroxyl groups excluding tert-OH is 1. The molecule has 0 spiro atoms. The van der Waals surface area contributed by atoms with E-state index < -0.39 is 0 Å². The van der Waals surface area contributed by atoms with Crippen LogP contribution in [0.2, 0.25) is 0 Å². The summed E-state index contributed by atoms with van der Waals surface area (Å²) in [6.07, 6.45) is 4.48. The molecule has 2 N–H and O–H groups in total. The number of hydrogen-bond acceptors (Lipinski definition) is 4. The van der Waals surface area contributed by atoms with E-state index in [1.165, 1.54) is 28.4 Å². The molecule has 0 amide bonds. The molecule has 1 aliphatic rings. The van der Waals surface area contributed by atoms with E-state index in [0.717, 1.165) is 19.4 Å². The van der Waals surface area contributed by atoms with E-state index in [0.29, 0.717) is 12.0 Å². The molecule has 4 heteroatoms. The summed E-state index contributed by atoms with van der Waals surface area (Å²) < 4.78 is 0. The third kappa shape index (κ3) is 3.27. The van der Waals surface area contributed by atoms with Gasteiger partial charge in [0.2, 0.25) is 0 Å². The average molecular weight is 254 g/mol. The van der Waals surface area contributed by atoms with Crippen molar-refractivity contribution in [2.24, 2.45) is 5.92 Å². The first-order valence-electron chi connectivity index (χ1n) is 6.52. The lowest BCUT2D eigenvalue weighted by Gasteiger charge is -2.20. The van der Waals surface area contributed by atoms with E-state index in [-0.39, 0.29) is 6.61 Å². The number of rotatable bonds is 6. The summed E-state index contributed by atoms with van der Waals surface area (Å²) >= 11 is 1.86. The van der Waals surface area contributed by atoms with Gasteiger partial charge in [0.05, 0.1) is 5.69 Å².